The molecule has 1 fully saturated rings. The highest BCUT2D eigenvalue weighted by atomic mass is 16.2. The van der Waals surface area contributed by atoms with Crippen molar-refractivity contribution in [2.75, 3.05) is 25.0 Å². The van der Waals surface area contributed by atoms with E-state index in [4.69, 9.17) is 0 Å². The maximum Gasteiger partial charge on any atom is 0.313 e. The average Bonchev–Trinajstić information content (AvgIpc) is 2.71. The van der Waals surface area contributed by atoms with Crippen LogP contribution in [0.1, 0.15) is 29.5 Å². The smallest absolute Gasteiger partial charge is 0.313 e. The van der Waals surface area contributed by atoms with Gasteiger partial charge in [-0.25, -0.2) is 0 Å². The van der Waals surface area contributed by atoms with Gasteiger partial charge in [-0.2, -0.15) is 0 Å². The molecule has 3 rings (SSSR count). The zero-order valence-corrected chi connectivity index (χ0v) is 16.7. The van der Waals surface area contributed by atoms with Gasteiger partial charge in [0.15, 0.2) is 0 Å². The van der Waals surface area contributed by atoms with E-state index in [1.165, 1.54) is 5.56 Å². The van der Waals surface area contributed by atoms with Gasteiger partial charge in [0.05, 0.1) is 0 Å². The predicted molar refractivity (Wildman–Crippen MR) is 112 cm³/mol. The number of likely N-dealkylation sites (tertiary alicyclic amines) is 1. The Bertz CT molecular complexity index is 812. The van der Waals surface area contributed by atoms with Crippen molar-refractivity contribution in [2.45, 2.75) is 33.2 Å². The first-order chi connectivity index (χ1) is 13.5. The van der Waals surface area contributed by atoms with E-state index in [1.54, 1.807) is 0 Å². The summed E-state index contributed by atoms with van der Waals surface area (Å²) < 4.78 is 0. The highest BCUT2D eigenvalue weighted by molar-refractivity contribution is 6.39. The van der Waals surface area contributed by atoms with Gasteiger partial charge in [-0.15, -0.1) is 0 Å². The van der Waals surface area contributed by atoms with Gasteiger partial charge in [0.25, 0.3) is 0 Å². The molecule has 0 aliphatic carbocycles. The van der Waals surface area contributed by atoms with E-state index in [1.807, 2.05) is 38.1 Å². The SMILES string of the molecule is Cc1cccc(NC(=O)C(=O)NCC2CCN(Cc3ccccc3)CC2)c1C. The van der Waals surface area contributed by atoms with Crippen LogP contribution in [0.2, 0.25) is 0 Å². The van der Waals surface area contributed by atoms with Gasteiger partial charge in [-0.3, -0.25) is 14.5 Å². The number of benzene rings is 2. The van der Waals surface area contributed by atoms with Crippen LogP contribution in [0.3, 0.4) is 0 Å². The fraction of sp³-hybridized carbons (Fsp3) is 0.391. The first kappa shape index (κ1) is 20.1. The maximum atomic E-state index is 12.2. The zero-order valence-electron chi connectivity index (χ0n) is 16.7. The number of hydrogen-bond donors (Lipinski definition) is 2. The van der Waals surface area contributed by atoms with Crippen molar-refractivity contribution in [1.29, 1.82) is 0 Å². The molecule has 0 saturated carbocycles. The molecule has 1 heterocycles. The first-order valence-corrected chi connectivity index (χ1v) is 9.94. The molecular formula is C23H29N3O2. The predicted octanol–water partition coefficient (Wildman–Crippen LogP) is 3.27. The van der Waals surface area contributed by atoms with Crippen molar-refractivity contribution >= 4 is 17.5 Å². The Morgan fingerprint density at radius 2 is 1.68 bits per heavy atom. The molecule has 1 aliphatic rings. The summed E-state index contributed by atoms with van der Waals surface area (Å²) in [6, 6.07) is 16.2. The highest BCUT2D eigenvalue weighted by Gasteiger charge is 2.21. The van der Waals surface area contributed by atoms with E-state index in [0.29, 0.717) is 18.2 Å². The Labute approximate surface area is 167 Å². The zero-order chi connectivity index (χ0) is 19.9. The molecule has 0 bridgehead atoms. The molecule has 2 N–H and O–H groups in total. The van der Waals surface area contributed by atoms with E-state index in [2.05, 4.69) is 39.8 Å². The number of piperidine rings is 1. The van der Waals surface area contributed by atoms with Crippen molar-refractivity contribution in [1.82, 2.24) is 10.2 Å². The molecule has 2 aromatic carbocycles. The van der Waals surface area contributed by atoms with Gasteiger partial charge in [0, 0.05) is 18.8 Å². The minimum absolute atomic E-state index is 0.421. The molecular weight excluding hydrogens is 350 g/mol. The van der Waals surface area contributed by atoms with Gasteiger partial charge >= 0.3 is 11.8 Å². The van der Waals surface area contributed by atoms with E-state index in [0.717, 1.165) is 43.6 Å². The van der Waals surface area contributed by atoms with Crippen LogP contribution < -0.4 is 10.6 Å². The number of hydrogen-bond acceptors (Lipinski definition) is 3. The molecule has 2 aromatic rings. The molecule has 1 saturated heterocycles. The summed E-state index contributed by atoms with van der Waals surface area (Å²) in [5.41, 5.74) is 4.08. The Morgan fingerprint density at radius 3 is 2.39 bits per heavy atom. The fourth-order valence-electron chi connectivity index (χ4n) is 3.57. The van der Waals surface area contributed by atoms with Gasteiger partial charge in [0.2, 0.25) is 0 Å². The summed E-state index contributed by atoms with van der Waals surface area (Å²) in [7, 11) is 0. The number of carbonyl (C=O) groups is 2. The highest BCUT2D eigenvalue weighted by Crippen LogP contribution is 2.19. The topological polar surface area (TPSA) is 61.4 Å². The summed E-state index contributed by atoms with van der Waals surface area (Å²) in [5.74, 6) is -0.743. The molecule has 0 radical (unpaired) electrons. The number of nitrogens with one attached hydrogen (secondary N) is 2. The van der Waals surface area contributed by atoms with Crippen LogP contribution in [0, 0.1) is 19.8 Å². The number of anilines is 1. The van der Waals surface area contributed by atoms with Crippen LogP contribution in [-0.4, -0.2) is 36.3 Å². The van der Waals surface area contributed by atoms with Crippen LogP contribution >= 0.6 is 0 Å². The lowest BCUT2D eigenvalue weighted by Crippen LogP contribution is -2.41. The van der Waals surface area contributed by atoms with E-state index in [9.17, 15) is 9.59 Å². The molecule has 2 amide bonds. The maximum absolute atomic E-state index is 12.2. The number of amides is 2. The van der Waals surface area contributed by atoms with Crippen LogP contribution in [-0.2, 0) is 16.1 Å². The van der Waals surface area contributed by atoms with Crippen LogP contribution in [0.25, 0.3) is 0 Å². The Kier molecular flexibility index (Phi) is 6.82. The van der Waals surface area contributed by atoms with Crippen molar-refractivity contribution in [3.63, 3.8) is 0 Å². The normalized spacial score (nSPS) is 15.2. The molecule has 1 aliphatic heterocycles. The first-order valence-electron chi connectivity index (χ1n) is 9.94. The largest absolute Gasteiger partial charge is 0.348 e. The monoisotopic (exact) mass is 379 g/mol. The molecule has 0 aromatic heterocycles. The lowest BCUT2D eigenvalue weighted by atomic mass is 9.96. The molecule has 28 heavy (non-hydrogen) atoms. The van der Waals surface area contributed by atoms with E-state index in [-0.39, 0.29) is 0 Å². The standard InChI is InChI=1S/C23H29N3O2/c1-17-7-6-10-21(18(17)2)25-23(28)22(27)24-15-19-11-13-26(14-12-19)16-20-8-4-3-5-9-20/h3-10,19H,11-16H2,1-2H3,(H,24,27)(H,25,28). The second-order valence-corrected chi connectivity index (χ2v) is 7.62. The number of rotatable bonds is 5. The fourth-order valence-corrected chi connectivity index (χ4v) is 3.57. The quantitative estimate of drug-likeness (QED) is 0.784. The van der Waals surface area contributed by atoms with Crippen molar-refractivity contribution in [3.8, 4) is 0 Å². The number of aryl methyl sites for hydroxylation is 1. The minimum Gasteiger partial charge on any atom is -0.348 e. The van der Waals surface area contributed by atoms with Crippen LogP contribution in [0.4, 0.5) is 5.69 Å². The van der Waals surface area contributed by atoms with Gasteiger partial charge in [0.1, 0.15) is 0 Å². The van der Waals surface area contributed by atoms with Gasteiger partial charge in [-0.05, 0) is 68.5 Å². The summed E-state index contributed by atoms with van der Waals surface area (Å²) in [5, 5.41) is 5.52. The van der Waals surface area contributed by atoms with Crippen molar-refractivity contribution in [3.05, 3.63) is 65.2 Å². The molecule has 148 valence electrons. The minimum atomic E-state index is -0.602. The third-order valence-electron chi connectivity index (χ3n) is 5.57. The second kappa shape index (κ2) is 9.51. The van der Waals surface area contributed by atoms with Crippen molar-refractivity contribution in [2.24, 2.45) is 5.92 Å². The van der Waals surface area contributed by atoms with Gasteiger partial charge in [-0.1, -0.05) is 42.5 Å². The Balaban J connectivity index is 1.40. The molecule has 0 atom stereocenters. The average molecular weight is 380 g/mol. The van der Waals surface area contributed by atoms with Gasteiger partial charge < -0.3 is 10.6 Å². The number of nitrogens with zero attached hydrogens (tertiary/aromatic N) is 1. The third kappa shape index (κ3) is 5.42. The summed E-state index contributed by atoms with van der Waals surface area (Å²) in [4.78, 5) is 26.8. The second-order valence-electron chi connectivity index (χ2n) is 7.62. The van der Waals surface area contributed by atoms with E-state index < -0.39 is 11.8 Å². The molecule has 5 heteroatoms. The summed E-state index contributed by atoms with van der Waals surface area (Å²) in [6.45, 7) is 7.48. The van der Waals surface area contributed by atoms with E-state index >= 15 is 0 Å². The Hall–Kier alpha value is -2.66. The molecule has 0 spiro atoms. The lowest BCUT2D eigenvalue weighted by molar-refractivity contribution is -0.136. The third-order valence-corrected chi connectivity index (χ3v) is 5.57. The summed E-state index contributed by atoms with van der Waals surface area (Å²) >= 11 is 0. The lowest BCUT2D eigenvalue weighted by Gasteiger charge is -2.32. The van der Waals surface area contributed by atoms with Crippen LogP contribution in [0.5, 0.6) is 0 Å². The molecule has 5 nitrogen and oxygen atoms in total. The van der Waals surface area contributed by atoms with Crippen LogP contribution in [0.15, 0.2) is 48.5 Å². The molecule has 0 unspecified atom stereocenters. The number of carbonyl (C=O) groups excluding carboxylic acids is 2. The summed E-state index contributed by atoms with van der Waals surface area (Å²) in [6.07, 6.45) is 2.07. The Morgan fingerprint density at radius 1 is 0.964 bits per heavy atom. The van der Waals surface area contributed by atoms with Crippen molar-refractivity contribution < 1.29 is 9.59 Å².